The number of piperazine rings is 1. The lowest BCUT2D eigenvalue weighted by atomic mass is 10.2. The first-order chi connectivity index (χ1) is 19.0. The van der Waals surface area contributed by atoms with E-state index in [2.05, 4.69) is 5.10 Å². The van der Waals surface area contributed by atoms with E-state index in [-0.39, 0.29) is 38.9 Å². The minimum Gasteiger partial charge on any atom is -0.486 e. The Hall–Kier alpha value is -3.42. The molecule has 0 spiro atoms. The molecule has 2 fully saturated rings. The third-order valence-electron chi connectivity index (χ3n) is 7.07. The quantitative estimate of drug-likeness (QED) is 0.270. The van der Waals surface area contributed by atoms with Gasteiger partial charge in [0.25, 0.3) is 5.69 Å². The number of para-hydroxylation sites is 1. The summed E-state index contributed by atoms with van der Waals surface area (Å²) in [7, 11) is -1.55. The van der Waals surface area contributed by atoms with Gasteiger partial charge in [0, 0.05) is 43.2 Å². The summed E-state index contributed by atoms with van der Waals surface area (Å²) < 4.78 is 49.4. The second-order valence-corrected chi connectivity index (χ2v) is 12.0. The van der Waals surface area contributed by atoms with E-state index in [0.29, 0.717) is 44.5 Å². The molecule has 5 rings (SSSR count). The Kier molecular flexibility index (Phi) is 7.89. The highest BCUT2D eigenvalue weighted by Gasteiger charge is 2.39. The van der Waals surface area contributed by atoms with Crippen LogP contribution in [0.1, 0.15) is 25.3 Å². The number of halogens is 3. The van der Waals surface area contributed by atoms with Crippen LogP contribution in [-0.2, 0) is 16.7 Å². The molecule has 212 valence electrons. The van der Waals surface area contributed by atoms with Gasteiger partial charge in [0.15, 0.2) is 0 Å². The van der Waals surface area contributed by atoms with E-state index >= 15 is 0 Å². The van der Waals surface area contributed by atoms with Crippen molar-refractivity contribution in [2.24, 2.45) is 5.41 Å². The van der Waals surface area contributed by atoms with Crippen molar-refractivity contribution in [2.45, 2.75) is 25.5 Å². The Morgan fingerprint density at radius 3 is 2.45 bits per heavy atom. The molecule has 0 bridgehead atoms. The van der Waals surface area contributed by atoms with Crippen LogP contribution in [0, 0.1) is 27.2 Å². The van der Waals surface area contributed by atoms with Crippen molar-refractivity contribution in [1.29, 1.82) is 0 Å². The topological polar surface area (TPSA) is 111 Å². The van der Waals surface area contributed by atoms with Gasteiger partial charge in [-0.3, -0.25) is 14.9 Å². The Labute approximate surface area is 235 Å². The van der Waals surface area contributed by atoms with Crippen molar-refractivity contribution in [2.75, 3.05) is 37.7 Å². The van der Waals surface area contributed by atoms with Gasteiger partial charge < -0.3 is 9.64 Å². The molecule has 2 aromatic carbocycles. The van der Waals surface area contributed by atoms with E-state index in [1.807, 2.05) is 11.8 Å². The largest absolute Gasteiger partial charge is 0.486 e. The van der Waals surface area contributed by atoms with Gasteiger partial charge in [0.2, 0.25) is 5.75 Å². The van der Waals surface area contributed by atoms with Crippen molar-refractivity contribution in [3.63, 3.8) is 0 Å². The fraction of sp³-hybridized carbons (Fsp3) is 0.385. The minimum atomic E-state index is -1.55. The maximum Gasteiger partial charge on any atom is 0.316 e. The molecule has 1 aliphatic heterocycles. The number of nitro benzene ring substituents is 1. The Morgan fingerprint density at radius 2 is 1.82 bits per heavy atom. The zero-order chi connectivity index (χ0) is 28.6. The average molecular weight is 594 g/mol. The van der Waals surface area contributed by atoms with Crippen molar-refractivity contribution in [3.05, 3.63) is 85.3 Å². The summed E-state index contributed by atoms with van der Waals surface area (Å²) in [5.74, 6) is -1.72. The molecular formula is C26H26ClF2N5O5S. The zero-order valence-electron chi connectivity index (χ0n) is 21.5. The summed E-state index contributed by atoms with van der Waals surface area (Å²) in [5, 5.41) is 15.6. The molecule has 1 saturated heterocycles. The number of ether oxygens (including phenoxy) is 1. The summed E-state index contributed by atoms with van der Waals surface area (Å²) in [6, 6.07) is 7.27. The van der Waals surface area contributed by atoms with Crippen LogP contribution in [0.3, 0.4) is 0 Å². The standard InChI is InChI=1S/C26H26ClF2N5O5S/c1-26(5-6-26)16-39-24-22(14-30-33(25(24)35)20-12-18(28)11-19(29)13-20)31-7-9-32(10-8-31)40(38)15-17-3-2-4-21(27)23(17)34(36)37/h2-4,11-14H,5-10,15-16H2,1H3. The molecule has 10 nitrogen and oxygen atoms in total. The van der Waals surface area contributed by atoms with E-state index in [1.165, 1.54) is 18.3 Å². The molecule has 1 aromatic heterocycles. The SMILES string of the molecule is CC1(COc2c(N3CCN(S(=O)Cc4cccc(Cl)c4[N+](=O)[O-])CC3)cnn(-c3cc(F)cc(F)c3)c2=O)CC1. The molecule has 0 N–H and O–H groups in total. The lowest BCUT2D eigenvalue weighted by Gasteiger charge is -2.35. The second-order valence-electron chi connectivity index (χ2n) is 10.2. The number of nitrogens with zero attached hydrogens (tertiary/aromatic N) is 5. The third kappa shape index (κ3) is 6.01. The summed E-state index contributed by atoms with van der Waals surface area (Å²) in [4.78, 5) is 26.2. The summed E-state index contributed by atoms with van der Waals surface area (Å²) in [5.41, 5.74) is -0.297. The van der Waals surface area contributed by atoms with Gasteiger partial charge >= 0.3 is 5.56 Å². The fourth-order valence-corrected chi connectivity index (χ4v) is 5.99. The van der Waals surface area contributed by atoms with E-state index in [4.69, 9.17) is 16.3 Å². The lowest BCUT2D eigenvalue weighted by Crippen LogP contribution is -2.47. The van der Waals surface area contributed by atoms with Crippen LogP contribution >= 0.6 is 11.6 Å². The Bertz CT molecular complexity index is 1520. The molecule has 1 aliphatic carbocycles. The molecule has 3 aromatic rings. The highest BCUT2D eigenvalue weighted by molar-refractivity contribution is 7.81. The van der Waals surface area contributed by atoms with Crippen molar-refractivity contribution >= 4 is 34.0 Å². The minimum absolute atomic E-state index is 0.0138. The fourth-order valence-electron chi connectivity index (χ4n) is 4.48. The average Bonchev–Trinajstić information content (AvgIpc) is 3.64. The predicted octanol–water partition coefficient (Wildman–Crippen LogP) is 4.24. The number of anilines is 1. The van der Waals surface area contributed by atoms with Crippen LogP contribution in [0.15, 0.2) is 47.4 Å². The van der Waals surface area contributed by atoms with Crippen LogP contribution in [0.5, 0.6) is 5.75 Å². The van der Waals surface area contributed by atoms with Crippen LogP contribution < -0.4 is 15.2 Å². The van der Waals surface area contributed by atoms with Crippen molar-refractivity contribution in [1.82, 2.24) is 14.1 Å². The van der Waals surface area contributed by atoms with Crippen LogP contribution in [0.4, 0.5) is 20.2 Å². The van der Waals surface area contributed by atoms with Gasteiger partial charge in [-0.2, -0.15) is 9.78 Å². The molecule has 40 heavy (non-hydrogen) atoms. The molecular weight excluding hydrogens is 568 g/mol. The Balaban J connectivity index is 1.35. The van der Waals surface area contributed by atoms with Gasteiger partial charge in [-0.15, -0.1) is 0 Å². The third-order valence-corrected chi connectivity index (χ3v) is 8.88. The zero-order valence-corrected chi connectivity index (χ0v) is 23.1. The summed E-state index contributed by atoms with van der Waals surface area (Å²) >= 11 is 5.99. The van der Waals surface area contributed by atoms with Crippen molar-refractivity contribution < 1.29 is 22.6 Å². The molecule has 0 radical (unpaired) electrons. The lowest BCUT2D eigenvalue weighted by molar-refractivity contribution is -0.385. The van der Waals surface area contributed by atoms with E-state index in [0.717, 1.165) is 29.7 Å². The second kappa shape index (κ2) is 11.2. The molecule has 1 atom stereocenters. The van der Waals surface area contributed by atoms with Gasteiger partial charge in [-0.05, 0) is 31.0 Å². The Morgan fingerprint density at radius 1 is 1.15 bits per heavy atom. The molecule has 1 saturated carbocycles. The predicted molar refractivity (Wildman–Crippen MR) is 146 cm³/mol. The number of nitro groups is 1. The number of hydrogen-bond acceptors (Lipinski definition) is 7. The molecule has 2 aliphatic rings. The summed E-state index contributed by atoms with van der Waals surface area (Å²) in [6.45, 7) is 3.78. The van der Waals surface area contributed by atoms with Crippen LogP contribution in [0.2, 0.25) is 5.02 Å². The maximum absolute atomic E-state index is 13.9. The molecule has 2 heterocycles. The first kappa shape index (κ1) is 28.1. The number of aromatic nitrogens is 2. The first-order valence-electron chi connectivity index (χ1n) is 12.6. The molecule has 14 heteroatoms. The normalized spacial score (nSPS) is 17.4. The van der Waals surface area contributed by atoms with Crippen LogP contribution in [0.25, 0.3) is 5.69 Å². The van der Waals surface area contributed by atoms with Gasteiger partial charge in [0.1, 0.15) is 22.3 Å². The van der Waals surface area contributed by atoms with E-state index in [1.54, 1.807) is 10.4 Å². The van der Waals surface area contributed by atoms with E-state index < -0.39 is 33.1 Å². The van der Waals surface area contributed by atoms with Gasteiger partial charge in [-0.1, -0.05) is 30.7 Å². The smallest absolute Gasteiger partial charge is 0.316 e. The first-order valence-corrected chi connectivity index (χ1v) is 14.2. The number of hydrogen-bond donors (Lipinski definition) is 0. The van der Waals surface area contributed by atoms with Crippen molar-refractivity contribution in [3.8, 4) is 11.4 Å². The van der Waals surface area contributed by atoms with Gasteiger partial charge in [0.05, 0.1) is 40.2 Å². The van der Waals surface area contributed by atoms with E-state index in [9.17, 15) is 27.9 Å². The van der Waals surface area contributed by atoms with Crippen LogP contribution in [-0.4, -0.2) is 56.0 Å². The highest BCUT2D eigenvalue weighted by atomic mass is 35.5. The maximum atomic E-state index is 13.9. The van der Waals surface area contributed by atoms with Gasteiger partial charge in [-0.25, -0.2) is 17.3 Å². The molecule has 0 amide bonds. The molecule has 1 unspecified atom stereocenters. The highest BCUT2D eigenvalue weighted by Crippen LogP contribution is 2.45. The summed E-state index contributed by atoms with van der Waals surface area (Å²) in [6.07, 6.45) is 3.36. The number of rotatable bonds is 9. The monoisotopic (exact) mass is 593 g/mol. The number of benzene rings is 2.